The number of carbonyl (C=O) groups is 2. The Hall–Kier alpha value is -3.39. The van der Waals surface area contributed by atoms with Crippen molar-refractivity contribution in [3.8, 4) is 0 Å². The van der Waals surface area contributed by atoms with Crippen molar-refractivity contribution in [3.63, 3.8) is 0 Å². The first-order valence-electron chi connectivity index (χ1n) is 14.7. The molecule has 3 heterocycles. The lowest BCUT2D eigenvalue weighted by Gasteiger charge is -2.31. The molecule has 6 rings (SSSR count). The smallest absolute Gasteiger partial charge is 0.409 e. The fourth-order valence-electron chi connectivity index (χ4n) is 7.18. The van der Waals surface area contributed by atoms with Crippen LogP contribution in [0.3, 0.4) is 0 Å². The molecule has 1 amide bonds. The van der Waals surface area contributed by atoms with Gasteiger partial charge in [0.2, 0.25) is 0 Å². The van der Waals surface area contributed by atoms with E-state index in [1.165, 1.54) is 23.8 Å². The van der Waals surface area contributed by atoms with Gasteiger partial charge in [0, 0.05) is 36.6 Å². The van der Waals surface area contributed by atoms with Gasteiger partial charge in [0.25, 0.3) is 0 Å². The normalized spacial score (nSPS) is 23.6. The Kier molecular flexibility index (Phi) is 7.53. The Morgan fingerprint density at radius 1 is 1.10 bits per heavy atom. The van der Waals surface area contributed by atoms with Gasteiger partial charge < -0.3 is 24.0 Å². The summed E-state index contributed by atoms with van der Waals surface area (Å²) >= 11 is 0. The summed E-state index contributed by atoms with van der Waals surface area (Å²) < 4.78 is 13.4. The van der Waals surface area contributed by atoms with Gasteiger partial charge in [-0.3, -0.25) is 4.79 Å². The van der Waals surface area contributed by atoms with Crippen LogP contribution in [-0.4, -0.2) is 58.5 Å². The molecule has 1 saturated heterocycles. The van der Waals surface area contributed by atoms with Crippen LogP contribution in [0.5, 0.6) is 0 Å². The Bertz CT molecular complexity index is 1390. The predicted octanol–water partition coefficient (Wildman–Crippen LogP) is 5.83. The number of carbonyl (C=O) groups excluding carboxylic acids is 1. The Morgan fingerprint density at radius 3 is 2.55 bits per heavy atom. The number of carboxylic acid groups (broad SMARTS) is 1. The van der Waals surface area contributed by atoms with Crippen LogP contribution in [0.4, 0.5) is 4.79 Å². The molecular weight excluding hydrogens is 506 g/mol. The van der Waals surface area contributed by atoms with Crippen molar-refractivity contribution in [2.75, 3.05) is 26.9 Å². The van der Waals surface area contributed by atoms with Crippen LogP contribution in [-0.2, 0) is 33.7 Å². The van der Waals surface area contributed by atoms with Crippen molar-refractivity contribution < 1.29 is 24.2 Å². The van der Waals surface area contributed by atoms with E-state index in [-0.39, 0.29) is 24.0 Å². The number of amides is 1. The number of ether oxygens (including phenoxy) is 2. The van der Waals surface area contributed by atoms with E-state index in [1.54, 1.807) is 4.90 Å². The van der Waals surface area contributed by atoms with Gasteiger partial charge >= 0.3 is 12.1 Å². The third-order valence-electron chi connectivity index (χ3n) is 9.31. The molecule has 40 heavy (non-hydrogen) atoms. The number of aliphatic carboxylic acids is 1. The molecule has 2 atom stereocenters. The maximum absolute atomic E-state index is 12.6. The maximum atomic E-state index is 12.6. The standard InChI is InChI=1S/C32H39N3O5/c1-20(16-21-6-4-3-5-7-21)35-28-17-26(24-13-15-40-19-24)25-12-14-34(32(38)39-2)18-27(25)29(28)33-30(35)22-8-10-23(11-9-22)31(36)37/h3-7,17,20,22-24H,8-16,18-19H2,1-2H3,(H,36,37)/t20-,22?,23?,24+/m1/s1. The third kappa shape index (κ3) is 4.98. The van der Waals surface area contributed by atoms with Crippen LogP contribution < -0.4 is 0 Å². The van der Waals surface area contributed by atoms with Crippen molar-refractivity contribution in [1.82, 2.24) is 14.5 Å². The second kappa shape index (κ2) is 11.2. The molecule has 2 aromatic carbocycles. The van der Waals surface area contributed by atoms with E-state index < -0.39 is 5.97 Å². The minimum absolute atomic E-state index is 0.158. The summed E-state index contributed by atoms with van der Waals surface area (Å²) in [5, 5.41) is 9.60. The summed E-state index contributed by atoms with van der Waals surface area (Å²) in [6, 6.07) is 13.1. The van der Waals surface area contributed by atoms with Crippen LogP contribution in [0.2, 0.25) is 0 Å². The molecule has 2 fully saturated rings. The Balaban J connectivity index is 1.50. The van der Waals surface area contributed by atoms with Crippen LogP contribution >= 0.6 is 0 Å². The molecule has 1 saturated carbocycles. The van der Waals surface area contributed by atoms with Crippen molar-refractivity contribution in [2.45, 2.75) is 76.3 Å². The third-order valence-corrected chi connectivity index (χ3v) is 9.31. The molecule has 0 unspecified atom stereocenters. The zero-order valence-corrected chi connectivity index (χ0v) is 23.5. The van der Waals surface area contributed by atoms with E-state index in [9.17, 15) is 14.7 Å². The highest BCUT2D eigenvalue weighted by molar-refractivity contribution is 5.84. The van der Waals surface area contributed by atoms with Gasteiger partial charge in [-0.05, 0) is 74.6 Å². The zero-order chi connectivity index (χ0) is 27.8. The van der Waals surface area contributed by atoms with E-state index in [1.807, 2.05) is 6.07 Å². The highest BCUT2D eigenvalue weighted by Crippen LogP contribution is 2.42. The van der Waals surface area contributed by atoms with E-state index in [0.717, 1.165) is 67.7 Å². The first kappa shape index (κ1) is 26.8. The summed E-state index contributed by atoms with van der Waals surface area (Å²) in [6.45, 7) is 4.86. The van der Waals surface area contributed by atoms with Crippen molar-refractivity contribution >= 4 is 23.1 Å². The van der Waals surface area contributed by atoms with Crippen molar-refractivity contribution in [2.24, 2.45) is 5.92 Å². The average Bonchev–Trinajstić information content (AvgIpc) is 3.65. The Labute approximate surface area is 235 Å². The molecule has 0 bridgehead atoms. The molecule has 1 N–H and O–H groups in total. The highest BCUT2D eigenvalue weighted by Gasteiger charge is 2.35. The maximum Gasteiger partial charge on any atom is 0.409 e. The summed E-state index contributed by atoms with van der Waals surface area (Å²) in [4.78, 5) is 31.4. The molecule has 1 aromatic heterocycles. The fraction of sp³-hybridized carbons (Fsp3) is 0.531. The molecule has 212 valence electrons. The van der Waals surface area contributed by atoms with Gasteiger partial charge in [-0.1, -0.05) is 30.3 Å². The lowest BCUT2D eigenvalue weighted by atomic mass is 9.81. The molecule has 2 aliphatic heterocycles. The number of aromatic nitrogens is 2. The first-order valence-corrected chi connectivity index (χ1v) is 14.7. The molecule has 8 heteroatoms. The number of rotatable bonds is 6. The summed E-state index contributed by atoms with van der Waals surface area (Å²) in [7, 11) is 1.44. The van der Waals surface area contributed by atoms with Gasteiger partial charge in [-0.25, -0.2) is 9.78 Å². The predicted molar refractivity (Wildman–Crippen MR) is 152 cm³/mol. The van der Waals surface area contributed by atoms with Crippen molar-refractivity contribution in [3.05, 3.63) is 64.5 Å². The second-order valence-corrected chi connectivity index (χ2v) is 11.8. The Morgan fingerprint density at radius 2 is 1.88 bits per heavy atom. The summed E-state index contributed by atoms with van der Waals surface area (Å²) in [6.07, 6.45) is 5.32. The molecular formula is C32H39N3O5. The molecule has 8 nitrogen and oxygen atoms in total. The summed E-state index contributed by atoms with van der Waals surface area (Å²) in [5.41, 5.74) is 7.13. The topological polar surface area (TPSA) is 93.9 Å². The SMILES string of the molecule is COC(=O)N1CCc2c([C@H]3CCOC3)cc3c(nc(C4CCC(C(=O)O)CC4)n3[C@H](C)Cc3ccccc3)c2C1. The number of hydrogen-bond acceptors (Lipinski definition) is 5. The van der Waals surface area contributed by atoms with E-state index in [2.05, 4.69) is 41.8 Å². The highest BCUT2D eigenvalue weighted by atomic mass is 16.5. The lowest BCUT2D eigenvalue weighted by molar-refractivity contribution is -0.142. The van der Waals surface area contributed by atoms with Crippen LogP contribution in [0.15, 0.2) is 36.4 Å². The van der Waals surface area contributed by atoms with Crippen LogP contribution in [0, 0.1) is 5.92 Å². The van der Waals surface area contributed by atoms with Gasteiger partial charge in [0.05, 0.1) is 37.2 Å². The minimum Gasteiger partial charge on any atom is -0.481 e. The number of benzene rings is 2. The van der Waals surface area contributed by atoms with E-state index >= 15 is 0 Å². The fourth-order valence-corrected chi connectivity index (χ4v) is 7.18. The van der Waals surface area contributed by atoms with Gasteiger partial charge in [0.1, 0.15) is 5.82 Å². The number of fused-ring (bicyclic) bond motifs is 3. The van der Waals surface area contributed by atoms with Gasteiger partial charge in [0.15, 0.2) is 0 Å². The zero-order valence-electron chi connectivity index (χ0n) is 23.5. The van der Waals surface area contributed by atoms with Gasteiger partial charge in [-0.15, -0.1) is 0 Å². The van der Waals surface area contributed by atoms with E-state index in [0.29, 0.717) is 31.8 Å². The van der Waals surface area contributed by atoms with Gasteiger partial charge in [-0.2, -0.15) is 0 Å². The lowest BCUT2D eigenvalue weighted by Crippen LogP contribution is -2.36. The second-order valence-electron chi connectivity index (χ2n) is 11.8. The summed E-state index contributed by atoms with van der Waals surface area (Å²) in [5.74, 6) is 0.635. The number of imidazole rings is 1. The first-order chi connectivity index (χ1) is 19.4. The molecule has 1 aliphatic carbocycles. The van der Waals surface area contributed by atoms with E-state index in [4.69, 9.17) is 14.5 Å². The quantitative estimate of drug-likeness (QED) is 0.419. The molecule has 0 spiro atoms. The largest absolute Gasteiger partial charge is 0.481 e. The van der Waals surface area contributed by atoms with Crippen LogP contribution in [0.1, 0.15) is 85.0 Å². The number of hydrogen-bond donors (Lipinski definition) is 1. The molecule has 3 aliphatic rings. The molecule has 0 radical (unpaired) electrons. The average molecular weight is 546 g/mol. The van der Waals surface area contributed by atoms with Crippen LogP contribution in [0.25, 0.3) is 11.0 Å². The minimum atomic E-state index is -0.690. The van der Waals surface area contributed by atoms with Crippen molar-refractivity contribution in [1.29, 1.82) is 0 Å². The molecule has 3 aromatic rings. The number of carboxylic acids is 1. The monoisotopic (exact) mass is 545 g/mol. The number of nitrogens with zero attached hydrogens (tertiary/aromatic N) is 3. The number of methoxy groups -OCH3 is 1.